The molecule has 2 N–H and O–H groups in total. The van der Waals surface area contributed by atoms with Crippen LogP contribution in [0, 0.1) is 24.4 Å². The zero-order chi connectivity index (χ0) is 19.1. The van der Waals surface area contributed by atoms with Crippen molar-refractivity contribution in [1.29, 1.82) is 0 Å². The molecule has 0 unspecified atom stereocenters. The van der Waals surface area contributed by atoms with E-state index in [9.17, 15) is 18.0 Å². The molecular weight excluding hydrogens is 347 g/mol. The first kappa shape index (κ1) is 19.9. The van der Waals surface area contributed by atoms with Crippen molar-refractivity contribution in [1.82, 2.24) is 0 Å². The van der Waals surface area contributed by atoms with E-state index in [1.165, 1.54) is 6.92 Å². The van der Waals surface area contributed by atoms with Crippen LogP contribution in [0.25, 0.3) is 0 Å². The van der Waals surface area contributed by atoms with E-state index in [0.717, 1.165) is 11.6 Å². The molecule has 0 amide bonds. The maximum atomic E-state index is 13.8. The van der Waals surface area contributed by atoms with Crippen molar-refractivity contribution in [2.45, 2.75) is 26.0 Å². The monoisotopic (exact) mass is 367 g/mol. The third-order valence-electron chi connectivity index (χ3n) is 3.75. The summed E-state index contributed by atoms with van der Waals surface area (Å²) in [6.45, 7) is 1.24. The van der Waals surface area contributed by atoms with Crippen molar-refractivity contribution in [2.75, 3.05) is 13.2 Å². The predicted molar refractivity (Wildman–Crippen MR) is 90.2 cm³/mol. The Morgan fingerprint density at radius 1 is 1.15 bits per heavy atom. The van der Waals surface area contributed by atoms with E-state index in [1.807, 2.05) is 30.3 Å². The summed E-state index contributed by atoms with van der Waals surface area (Å²) in [6, 6.07) is 9.28. The van der Waals surface area contributed by atoms with Crippen molar-refractivity contribution in [3.05, 3.63) is 65.0 Å². The summed E-state index contributed by atoms with van der Waals surface area (Å²) in [7, 11) is 0. The Morgan fingerprint density at radius 3 is 2.54 bits per heavy atom. The summed E-state index contributed by atoms with van der Waals surface area (Å²) in [4.78, 5) is 11.9. The molecule has 2 rings (SSSR count). The SMILES string of the molecule is Cc1cc(F)c(F)c(OCC(=O)[C@@H](N)CCOCc2ccccc2)c1F. The smallest absolute Gasteiger partial charge is 0.203 e. The van der Waals surface area contributed by atoms with Gasteiger partial charge in [0.25, 0.3) is 0 Å². The van der Waals surface area contributed by atoms with E-state index in [0.29, 0.717) is 6.61 Å². The van der Waals surface area contributed by atoms with Gasteiger partial charge in [0.15, 0.2) is 23.2 Å². The number of ether oxygens (including phenoxy) is 2. The third-order valence-corrected chi connectivity index (χ3v) is 3.75. The Hall–Kier alpha value is -2.38. The molecule has 4 nitrogen and oxygen atoms in total. The summed E-state index contributed by atoms with van der Waals surface area (Å²) in [5.41, 5.74) is 6.59. The third kappa shape index (κ3) is 5.31. The number of carbonyl (C=O) groups excluding carboxylic acids is 1. The van der Waals surface area contributed by atoms with Crippen LogP contribution in [0.15, 0.2) is 36.4 Å². The van der Waals surface area contributed by atoms with Gasteiger partial charge in [0.1, 0.15) is 6.61 Å². The molecule has 0 saturated carbocycles. The van der Waals surface area contributed by atoms with Crippen LogP contribution in [-0.4, -0.2) is 25.0 Å². The standard InChI is InChI=1S/C19H20F3NO3/c1-12-9-14(20)18(22)19(17(12)21)26-11-16(24)15(23)7-8-25-10-13-5-3-2-4-6-13/h2-6,9,15H,7-8,10-11,23H2,1H3/t15-/m0/s1. The van der Waals surface area contributed by atoms with Crippen molar-refractivity contribution >= 4 is 5.78 Å². The molecule has 7 heteroatoms. The topological polar surface area (TPSA) is 61.5 Å². The predicted octanol–water partition coefficient (Wildman–Crippen LogP) is 3.29. The van der Waals surface area contributed by atoms with Crippen molar-refractivity contribution in [3.8, 4) is 5.75 Å². The Balaban J connectivity index is 1.79. The van der Waals surface area contributed by atoms with Crippen LogP contribution in [0.4, 0.5) is 13.2 Å². The number of benzene rings is 2. The Bertz CT molecular complexity index is 727. The summed E-state index contributed by atoms with van der Waals surface area (Å²) >= 11 is 0. The van der Waals surface area contributed by atoms with Gasteiger partial charge in [-0.1, -0.05) is 30.3 Å². The molecule has 0 aliphatic rings. The Morgan fingerprint density at radius 2 is 1.85 bits per heavy atom. The zero-order valence-corrected chi connectivity index (χ0v) is 14.3. The maximum absolute atomic E-state index is 13.8. The van der Waals surface area contributed by atoms with Gasteiger partial charge in [-0.3, -0.25) is 4.79 Å². The Kier molecular flexibility index (Phi) is 7.17. The molecule has 2 aromatic carbocycles. The highest BCUT2D eigenvalue weighted by atomic mass is 19.2. The number of nitrogens with two attached hydrogens (primary N) is 1. The zero-order valence-electron chi connectivity index (χ0n) is 14.3. The molecule has 2 aromatic rings. The first-order valence-corrected chi connectivity index (χ1v) is 8.07. The second kappa shape index (κ2) is 9.35. The highest BCUT2D eigenvalue weighted by Crippen LogP contribution is 2.26. The molecular formula is C19H20F3NO3. The molecule has 1 atom stereocenters. The molecule has 26 heavy (non-hydrogen) atoms. The lowest BCUT2D eigenvalue weighted by molar-refractivity contribution is -0.122. The molecule has 0 heterocycles. The van der Waals surface area contributed by atoms with Gasteiger partial charge in [-0.2, -0.15) is 4.39 Å². The van der Waals surface area contributed by atoms with Gasteiger partial charge in [-0.15, -0.1) is 0 Å². The van der Waals surface area contributed by atoms with Crippen LogP contribution in [0.3, 0.4) is 0 Å². The fraction of sp³-hybridized carbons (Fsp3) is 0.316. The summed E-state index contributed by atoms with van der Waals surface area (Å²) < 4.78 is 51.0. The minimum absolute atomic E-state index is 0.120. The largest absolute Gasteiger partial charge is 0.480 e. The quantitative estimate of drug-likeness (QED) is 0.546. The molecule has 0 saturated heterocycles. The number of rotatable bonds is 9. The lowest BCUT2D eigenvalue weighted by Crippen LogP contribution is -2.35. The number of hydrogen-bond donors (Lipinski definition) is 1. The number of halogens is 3. The highest BCUT2D eigenvalue weighted by Gasteiger charge is 2.21. The second-order valence-electron chi connectivity index (χ2n) is 5.82. The average Bonchev–Trinajstić information content (AvgIpc) is 2.64. The van der Waals surface area contributed by atoms with E-state index >= 15 is 0 Å². The van der Waals surface area contributed by atoms with Gasteiger partial charge < -0.3 is 15.2 Å². The van der Waals surface area contributed by atoms with Crippen LogP contribution >= 0.6 is 0 Å². The van der Waals surface area contributed by atoms with E-state index in [-0.39, 0.29) is 18.6 Å². The number of Topliss-reactive ketones (excluding diaryl/α,β-unsaturated/α-hetero) is 1. The van der Waals surface area contributed by atoms with Crippen LogP contribution in [0.2, 0.25) is 0 Å². The van der Waals surface area contributed by atoms with Crippen molar-refractivity contribution in [2.24, 2.45) is 5.73 Å². The molecule has 0 bridgehead atoms. The highest BCUT2D eigenvalue weighted by molar-refractivity contribution is 5.85. The summed E-state index contributed by atoms with van der Waals surface area (Å²) in [6.07, 6.45) is 0.224. The fourth-order valence-electron chi connectivity index (χ4n) is 2.21. The first-order chi connectivity index (χ1) is 12.4. The molecule has 0 radical (unpaired) electrons. The van der Waals surface area contributed by atoms with E-state index in [2.05, 4.69) is 0 Å². The summed E-state index contributed by atoms with van der Waals surface area (Å²) in [5, 5.41) is 0. The van der Waals surface area contributed by atoms with Gasteiger partial charge in [0, 0.05) is 6.61 Å². The van der Waals surface area contributed by atoms with Crippen molar-refractivity contribution in [3.63, 3.8) is 0 Å². The average molecular weight is 367 g/mol. The number of hydrogen-bond acceptors (Lipinski definition) is 4. The molecule has 0 aliphatic carbocycles. The lowest BCUT2D eigenvalue weighted by atomic mass is 10.1. The van der Waals surface area contributed by atoms with Gasteiger partial charge in [-0.05, 0) is 30.5 Å². The number of ketones is 1. The van der Waals surface area contributed by atoms with Crippen molar-refractivity contribution < 1.29 is 27.4 Å². The fourth-order valence-corrected chi connectivity index (χ4v) is 2.21. The van der Waals surface area contributed by atoms with Crippen LogP contribution < -0.4 is 10.5 Å². The number of carbonyl (C=O) groups is 1. The molecule has 0 aromatic heterocycles. The normalized spacial score (nSPS) is 12.0. The lowest BCUT2D eigenvalue weighted by Gasteiger charge is -2.13. The van der Waals surface area contributed by atoms with E-state index < -0.39 is 41.6 Å². The minimum atomic E-state index is -1.47. The van der Waals surface area contributed by atoms with Gasteiger partial charge >= 0.3 is 0 Å². The molecule has 140 valence electrons. The van der Waals surface area contributed by atoms with Gasteiger partial charge in [0.05, 0.1) is 12.6 Å². The second-order valence-corrected chi connectivity index (χ2v) is 5.82. The molecule has 0 aliphatic heterocycles. The maximum Gasteiger partial charge on any atom is 0.203 e. The first-order valence-electron chi connectivity index (χ1n) is 8.07. The molecule has 0 spiro atoms. The van der Waals surface area contributed by atoms with E-state index in [4.69, 9.17) is 15.2 Å². The summed E-state index contributed by atoms with van der Waals surface area (Å²) in [5.74, 6) is -5.24. The Labute approximate surface area is 149 Å². The van der Waals surface area contributed by atoms with Gasteiger partial charge in [0.2, 0.25) is 5.82 Å². The minimum Gasteiger partial charge on any atom is -0.480 e. The number of aryl methyl sites for hydroxylation is 1. The van der Waals surface area contributed by atoms with Crippen LogP contribution in [0.1, 0.15) is 17.5 Å². The molecule has 0 fully saturated rings. The van der Waals surface area contributed by atoms with Crippen LogP contribution in [-0.2, 0) is 16.1 Å². The van der Waals surface area contributed by atoms with E-state index in [1.54, 1.807) is 0 Å². The van der Waals surface area contributed by atoms with Gasteiger partial charge in [-0.25, -0.2) is 8.78 Å². The van der Waals surface area contributed by atoms with Crippen LogP contribution in [0.5, 0.6) is 5.75 Å².